The molecule has 1 aromatic rings. The molecule has 0 fully saturated rings. The van der Waals surface area contributed by atoms with E-state index >= 15 is 0 Å². The highest BCUT2D eigenvalue weighted by molar-refractivity contribution is 5.95. The molecule has 4 heteroatoms. The summed E-state index contributed by atoms with van der Waals surface area (Å²) in [4.78, 5) is 12.0. The van der Waals surface area contributed by atoms with Crippen LogP contribution in [-0.4, -0.2) is 26.8 Å². The van der Waals surface area contributed by atoms with Crippen LogP contribution in [-0.2, 0) is 4.74 Å². The van der Waals surface area contributed by atoms with E-state index in [0.717, 1.165) is 18.4 Å². The molecule has 0 N–H and O–H groups in total. The van der Waals surface area contributed by atoms with Crippen LogP contribution in [0.4, 0.5) is 0 Å². The van der Waals surface area contributed by atoms with Gasteiger partial charge in [0.25, 0.3) is 0 Å². The summed E-state index contributed by atoms with van der Waals surface area (Å²) in [7, 11) is 2.90. The number of benzene rings is 1. The van der Waals surface area contributed by atoms with Gasteiger partial charge in [-0.25, -0.2) is 4.79 Å². The molecule has 0 aliphatic rings. The van der Waals surface area contributed by atoms with E-state index in [-0.39, 0.29) is 0 Å². The standard InChI is InChI=1S/C18H28O4/c1-5-6-7-8-9-10-11-22-16-13-14(2)12-15(20-3)17(16)18(19)21-4/h12-13H,5-11H2,1-4H3. The molecule has 0 aromatic heterocycles. The first-order valence-corrected chi connectivity index (χ1v) is 8.03. The summed E-state index contributed by atoms with van der Waals surface area (Å²) in [5.74, 6) is 0.594. The number of unbranched alkanes of at least 4 members (excludes halogenated alkanes) is 5. The molecule has 0 radical (unpaired) electrons. The second-order valence-corrected chi connectivity index (χ2v) is 5.45. The monoisotopic (exact) mass is 308 g/mol. The van der Waals surface area contributed by atoms with Crippen molar-refractivity contribution in [1.29, 1.82) is 0 Å². The highest BCUT2D eigenvalue weighted by Gasteiger charge is 2.20. The van der Waals surface area contributed by atoms with Gasteiger partial charge in [0, 0.05) is 0 Å². The molecule has 22 heavy (non-hydrogen) atoms. The van der Waals surface area contributed by atoms with Crippen LogP contribution < -0.4 is 9.47 Å². The Morgan fingerprint density at radius 2 is 1.64 bits per heavy atom. The average molecular weight is 308 g/mol. The second-order valence-electron chi connectivity index (χ2n) is 5.45. The maximum absolute atomic E-state index is 12.0. The summed E-state index contributed by atoms with van der Waals surface area (Å²) >= 11 is 0. The van der Waals surface area contributed by atoms with Gasteiger partial charge < -0.3 is 14.2 Å². The summed E-state index contributed by atoms with van der Waals surface area (Å²) in [6.07, 6.45) is 7.20. The molecule has 0 bridgehead atoms. The molecule has 1 rings (SSSR count). The van der Waals surface area contributed by atoms with Gasteiger partial charge in [0.1, 0.15) is 17.1 Å². The summed E-state index contributed by atoms with van der Waals surface area (Å²) < 4.78 is 15.9. The van der Waals surface area contributed by atoms with E-state index in [9.17, 15) is 4.79 Å². The van der Waals surface area contributed by atoms with E-state index in [2.05, 4.69) is 6.92 Å². The number of carbonyl (C=O) groups is 1. The number of aryl methyl sites for hydroxylation is 1. The number of rotatable bonds is 10. The van der Waals surface area contributed by atoms with Gasteiger partial charge in [-0.05, 0) is 31.0 Å². The predicted molar refractivity (Wildman–Crippen MR) is 87.9 cm³/mol. The van der Waals surface area contributed by atoms with E-state index < -0.39 is 5.97 Å². The lowest BCUT2D eigenvalue weighted by Crippen LogP contribution is -2.09. The van der Waals surface area contributed by atoms with Crippen LogP contribution in [0, 0.1) is 6.92 Å². The Balaban J connectivity index is 2.64. The lowest BCUT2D eigenvalue weighted by molar-refractivity contribution is 0.0592. The zero-order valence-electron chi connectivity index (χ0n) is 14.2. The lowest BCUT2D eigenvalue weighted by atomic mass is 10.1. The molecule has 0 saturated heterocycles. The number of ether oxygens (including phenoxy) is 3. The molecular weight excluding hydrogens is 280 g/mol. The Hall–Kier alpha value is -1.71. The fourth-order valence-corrected chi connectivity index (χ4v) is 2.36. The van der Waals surface area contributed by atoms with Crippen molar-refractivity contribution in [3.05, 3.63) is 23.3 Å². The highest BCUT2D eigenvalue weighted by atomic mass is 16.5. The van der Waals surface area contributed by atoms with Crippen molar-refractivity contribution in [2.75, 3.05) is 20.8 Å². The Morgan fingerprint density at radius 3 is 2.27 bits per heavy atom. The van der Waals surface area contributed by atoms with Crippen molar-refractivity contribution >= 4 is 5.97 Å². The Kier molecular flexibility index (Phi) is 8.41. The van der Waals surface area contributed by atoms with Crippen LogP contribution in [0.5, 0.6) is 11.5 Å². The van der Waals surface area contributed by atoms with Gasteiger partial charge >= 0.3 is 5.97 Å². The first-order chi connectivity index (χ1) is 10.6. The minimum absolute atomic E-state index is 0.363. The lowest BCUT2D eigenvalue weighted by Gasteiger charge is -2.14. The number of esters is 1. The van der Waals surface area contributed by atoms with Gasteiger partial charge in [-0.1, -0.05) is 39.0 Å². The molecule has 0 aliphatic heterocycles. The zero-order valence-corrected chi connectivity index (χ0v) is 14.2. The molecule has 0 heterocycles. The number of hydrogen-bond acceptors (Lipinski definition) is 4. The first-order valence-electron chi connectivity index (χ1n) is 8.03. The van der Waals surface area contributed by atoms with Crippen molar-refractivity contribution < 1.29 is 19.0 Å². The van der Waals surface area contributed by atoms with E-state index in [1.54, 1.807) is 7.11 Å². The molecule has 0 aliphatic carbocycles. The molecule has 0 unspecified atom stereocenters. The number of hydrogen-bond donors (Lipinski definition) is 0. The molecule has 1 aromatic carbocycles. The highest BCUT2D eigenvalue weighted by Crippen LogP contribution is 2.31. The van der Waals surface area contributed by atoms with Gasteiger partial charge in [-0.15, -0.1) is 0 Å². The van der Waals surface area contributed by atoms with Gasteiger partial charge in [0.15, 0.2) is 0 Å². The SMILES string of the molecule is CCCCCCCCOc1cc(C)cc(OC)c1C(=O)OC. The minimum atomic E-state index is -0.435. The van der Waals surface area contributed by atoms with Crippen molar-refractivity contribution in [2.24, 2.45) is 0 Å². The van der Waals surface area contributed by atoms with E-state index in [1.807, 2.05) is 19.1 Å². The zero-order chi connectivity index (χ0) is 16.4. The fourth-order valence-electron chi connectivity index (χ4n) is 2.36. The maximum atomic E-state index is 12.0. The van der Waals surface area contributed by atoms with Crippen molar-refractivity contribution in [3.8, 4) is 11.5 Å². The minimum Gasteiger partial charge on any atom is -0.496 e. The molecule has 0 spiro atoms. The van der Waals surface area contributed by atoms with E-state index in [1.165, 1.54) is 32.8 Å². The van der Waals surface area contributed by atoms with Crippen LogP contribution in [0.2, 0.25) is 0 Å². The third kappa shape index (κ3) is 5.58. The normalized spacial score (nSPS) is 10.4. The smallest absolute Gasteiger partial charge is 0.345 e. The molecule has 0 saturated carbocycles. The van der Waals surface area contributed by atoms with Crippen LogP contribution in [0.15, 0.2) is 12.1 Å². The molecule has 0 amide bonds. The summed E-state index contributed by atoms with van der Waals surface area (Å²) in [5, 5.41) is 0. The number of methoxy groups -OCH3 is 2. The topological polar surface area (TPSA) is 44.8 Å². The van der Waals surface area contributed by atoms with E-state index in [4.69, 9.17) is 14.2 Å². The second kappa shape index (κ2) is 10.1. The predicted octanol–water partition coefficient (Wildman–Crippen LogP) is 4.53. The third-order valence-electron chi connectivity index (χ3n) is 3.58. The first kappa shape index (κ1) is 18.3. The van der Waals surface area contributed by atoms with Crippen LogP contribution >= 0.6 is 0 Å². The average Bonchev–Trinajstić information content (AvgIpc) is 2.52. The maximum Gasteiger partial charge on any atom is 0.345 e. The summed E-state index contributed by atoms with van der Waals surface area (Å²) in [6, 6.07) is 3.66. The number of carbonyl (C=O) groups excluding carboxylic acids is 1. The van der Waals surface area contributed by atoms with Gasteiger partial charge in [-0.3, -0.25) is 0 Å². The quantitative estimate of drug-likeness (QED) is 0.470. The van der Waals surface area contributed by atoms with E-state index in [0.29, 0.717) is 23.7 Å². The summed E-state index contributed by atoms with van der Waals surface area (Å²) in [6.45, 7) is 4.76. The third-order valence-corrected chi connectivity index (χ3v) is 3.58. The van der Waals surface area contributed by atoms with Crippen molar-refractivity contribution in [1.82, 2.24) is 0 Å². The Bertz CT molecular complexity index is 468. The Labute approximate surface area is 133 Å². The summed E-state index contributed by atoms with van der Waals surface area (Å²) in [5.41, 5.74) is 1.35. The fraction of sp³-hybridized carbons (Fsp3) is 0.611. The molecule has 0 atom stereocenters. The van der Waals surface area contributed by atoms with Crippen molar-refractivity contribution in [3.63, 3.8) is 0 Å². The molecular formula is C18H28O4. The molecule has 4 nitrogen and oxygen atoms in total. The van der Waals surface area contributed by atoms with Gasteiger partial charge in [0.2, 0.25) is 0 Å². The van der Waals surface area contributed by atoms with Crippen LogP contribution in [0.1, 0.15) is 61.4 Å². The van der Waals surface area contributed by atoms with Crippen molar-refractivity contribution in [2.45, 2.75) is 52.4 Å². The van der Waals surface area contributed by atoms with Crippen LogP contribution in [0.3, 0.4) is 0 Å². The van der Waals surface area contributed by atoms with Gasteiger partial charge in [0.05, 0.1) is 20.8 Å². The largest absolute Gasteiger partial charge is 0.496 e. The van der Waals surface area contributed by atoms with Crippen LogP contribution in [0.25, 0.3) is 0 Å². The van der Waals surface area contributed by atoms with Gasteiger partial charge in [-0.2, -0.15) is 0 Å². The molecule has 124 valence electrons. The Morgan fingerprint density at radius 1 is 1.00 bits per heavy atom.